The van der Waals surface area contributed by atoms with Crippen LogP contribution in [-0.2, 0) is 6.54 Å². The number of rotatable bonds is 4. The first-order valence-corrected chi connectivity index (χ1v) is 5.83. The Balaban J connectivity index is 1.97. The van der Waals surface area contributed by atoms with Crippen molar-refractivity contribution in [2.75, 3.05) is 5.32 Å². The number of pyridine rings is 1. The minimum atomic E-state index is 0.346. The maximum atomic E-state index is 5.50. The number of aryl methyl sites for hydroxylation is 1. The van der Waals surface area contributed by atoms with Crippen LogP contribution in [-0.4, -0.2) is 19.9 Å². The van der Waals surface area contributed by atoms with Crippen LogP contribution in [0.2, 0.25) is 0 Å². The molecule has 3 N–H and O–H groups in total. The van der Waals surface area contributed by atoms with Gasteiger partial charge in [-0.2, -0.15) is 0 Å². The van der Waals surface area contributed by atoms with Crippen molar-refractivity contribution < 1.29 is 0 Å². The number of anilines is 1. The van der Waals surface area contributed by atoms with E-state index in [4.69, 9.17) is 18.0 Å². The summed E-state index contributed by atoms with van der Waals surface area (Å²) in [4.78, 5) is 13.0. The van der Waals surface area contributed by atoms with Gasteiger partial charge in [-0.3, -0.25) is 9.97 Å². The predicted octanol–water partition coefficient (Wildman–Crippen LogP) is 1.43. The number of nitrogens with one attached hydrogen (secondary N) is 1. The molecule has 0 bridgehead atoms. The molecule has 0 aliphatic heterocycles. The van der Waals surface area contributed by atoms with Gasteiger partial charge in [0.15, 0.2) is 0 Å². The number of nitrogens with zero attached hydrogens (tertiary/aromatic N) is 3. The molecule has 0 saturated carbocycles. The summed E-state index contributed by atoms with van der Waals surface area (Å²) in [5.74, 6) is 0.748. The monoisotopic (exact) mass is 259 g/mol. The lowest BCUT2D eigenvalue weighted by Gasteiger charge is -2.05. The fourth-order valence-corrected chi connectivity index (χ4v) is 1.46. The van der Waals surface area contributed by atoms with E-state index < -0.39 is 0 Å². The summed E-state index contributed by atoms with van der Waals surface area (Å²) in [5.41, 5.74) is 8.01. The van der Waals surface area contributed by atoms with E-state index in [1.165, 1.54) is 0 Å². The molecule has 5 nitrogen and oxygen atoms in total. The van der Waals surface area contributed by atoms with Crippen LogP contribution in [0.15, 0.2) is 30.7 Å². The Morgan fingerprint density at radius 3 is 2.61 bits per heavy atom. The number of nitrogens with two attached hydrogens (primary N) is 1. The Morgan fingerprint density at radius 2 is 2.06 bits per heavy atom. The molecule has 2 aromatic rings. The molecule has 0 fully saturated rings. The topological polar surface area (TPSA) is 76.7 Å². The number of thiocarbonyl (C=S) groups is 1. The first kappa shape index (κ1) is 12.4. The summed E-state index contributed by atoms with van der Waals surface area (Å²) in [7, 11) is 0. The van der Waals surface area contributed by atoms with Crippen molar-refractivity contribution in [2.45, 2.75) is 13.5 Å². The molecule has 0 radical (unpaired) electrons. The van der Waals surface area contributed by atoms with Crippen molar-refractivity contribution in [1.29, 1.82) is 0 Å². The molecule has 2 heterocycles. The van der Waals surface area contributed by atoms with Crippen molar-refractivity contribution >= 4 is 23.0 Å². The molecule has 2 aromatic heterocycles. The molecule has 6 heteroatoms. The zero-order valence-corrected chi connectivity index (χ0v) is 10.7. The average molecular weight is 259 g/mol. The second-order valence-corrected chi connectivity index (χ2v) is 4.24. The molecule has 0 amide bonds. The summed E-state index contributed by atoms with van der Waals surface area (Å²) in [5, 5.41) is 3.15. The van der Waals surface area contributed by atoms with Crippen molar-refractivity contribution in [2.24, 2.45) is 5.73 Å². The van der Waals surface area contributed by atoms with Gasteiger partial charge >= 0.3 is 0 Å². The molecule has 0 aliphatic carbocycles. The lowest BCUT2D eigenvalue weighted by molar-refractivity contribution is 0.976. The third-order valence-corrected chi connectivity index (χ3v) is 2.57. The van der Waals surface area contributed by atoms with E-state index in [0.29, 0.717) is 11.5 Å². The third kappa shape index (κ3) is 3.21. The molecule has 92 valence electrons. The van der Waals surface area contributed by atoms with Gasteiger partial charge in [-0.25, -0.2) is 4.98 Å². The van der Waals surface area contributed by atoms with Crippen LogP contribution in [0.3, 0.4) is 0 Å². The number of hydrogen-bond donors (Lipinski definition) is 2. The molecular weight excluding hydrogens is 246 g/mol. The molecule has 0 aliphatic rings. The largest absolute Gasteiger partial charge is 0.389 e. The Hall–Kier alpha value is -2.08. The van der Waals surface area contributed by atoms with Gasteiger partial charge in [0.25, 0.3) is 0 Å². The van der Waals surface area contributed by atoms with Gasteiger partial charge in [-0.05, 0) is 19.1 Å². The molecule has 0 atom stereocenters. The van der Waals surface area contributed by atoms with Gasteiger partial charge in [-0.15, -0.1) is 0 Å². The van der Waals surface area contributed by atoms with Crippen LogP contribution in [0, 0.1) is 6.92 Å². The molecule has 0 aromatic carbocycles. The first-order chi connectivity index (χ1) is 8.65. The summed E-state index contributed by atoms with van der Waals surface area (Å²) in [6, 6.07) is 3.66. The van der Waals surface area contributed by atoms with E-state index in [9.17, 15) is 0 Å². The Morgan fingerprint density at radius 1 is 1.22 bits per heavy atom. The van der Waals surface area contributed by atoms with Crippen LogP contribution in [0.5, 0.6) is 0 Å². The zero-order chi connectivity index (χ0) is 13.0. The van der Waals surface area contributed by atoms with Gasteiger partial charge < -0.3 is 11.1 Å². The van der Waals surface area contributed by atoms with E-state index >= 15 is 0 Å². The zero-order valence-electron chi connectivity index (χ0n) is 9.92. The van der Waals surface area contributed by atoms with Gasteiger partial charge in [-0.1, -0.05) is 12.2 Å². The summed E-state index contributed by atoms with van der Waals surface area (Å²) < 4.78 is 0. The van der Waals surface area contributed by atoms with E-state index in [1.807, 2.05) is 19.1 Å². The Bertz CT molecular complexity index is 535. The van der Waals surface area contributed by atoms with Crippen molar-refractivity contribution in [3.63, 3.8) is 0 Å². The van der Waals surface area contributed by atoms with Crippen LogP contribution in [0.25, 0.3) is 0 Å². The maximum Gasteiger partial charge on any atom is 0.126 e. The quantitative estimate of drug-likeness (QED) is 0.809. The highest BCUT2D eigenvalue weighted by Crippen LogP contribution is 2.06. The van der Waals surface area contributed by atoms with Crippen LogP contribution in [0.4, 0.5) is 5.82 Å². The molecular formula is C12H13N5S. The average Bonchev–Trinajstić information content (AvgIpc) is 2.38. The van der Waals surface area contributed by atoms with Crippen molar-refractivity contribution in [3.05, 3.63) is 47.7 Å². The first-order valence-electron chi connectivity index (χ1n) is 5.42. The maximum absolute atomic E-state index is 5.50. The highest BCUT2D eigenvalue weighted by Gasteiger charge is 1.99. The molecule has 0 saturated heterocycles. The van der Waals surface area contributed by atoms with E-state index in [2.05, 4.69) is 20.3 Å². The second-order valence-electron chi connectivity index (χ2n) is 3.80. The standard InChI is InChI=1S/C12H13N5S/c1-8-4-15-10(6-14-8)7-17-11-3-2-9(5-16-11)12(13)18/h2-6H,7H2,1H3,(H2,13,18)(H,16,17). The third-order valence-electron chi connectivity index (χ3n) is 2.33. The van der Waals surface area contributed by atoms with Gasteiger partial charge in [0.1, 0.15) is 10.8 Å². The van der Waals surface area contributed by atoms with Gasteiger partial charge in [0, 0.05) is 18.0 Å². The predicted molar refractivity (Wildman–Crippen MR) is 74.2 cm³/mol. The molecule has 2 rings (SSSR count). The Labute approximate surface area is 110 Å². The van der Waals surface area contributed by atoms with Gasteiger partial charge in [0.05, 0.1) is 24.1 Å². The normalized spacial score (nSPS) is 10.1. The highest BCUT2D eigenvalue weighted by atomic mass is 32.1. The number of aromatic nitrogens is 3. The number of hydrogen-bond acceptors (Lipinski definition) is 5. The van der Waals surface area contributed by atoms with E-state index in [1.54, 1.807) is 18.6 Å². The lowest BCUT2D eigenvalue weighted by atomic mass is 10.3. The van der Waals surface area contributed by atoms with Crippen LogP contribution >= 0.6 is 12.2 Å². The summed E-state index contributed by atoms with van der Waals surface area (Å²) >= 11 is 4.86. The van der Waals surface area contributed by atoms with Gasteiger partial charge in [0.2, 0.25) is 0 Å². The van der Waals surface area contributed by atoms with Crippen molar-refractivity contribution in [1.82, 2.24) is 15.0 Å². The summed E-state index contributed by atoms with van der Waals surface area (Å²) in [6.45, 7) is 2.48. The minimum absolute atomic E-state index is 0.346. The van der Waals surface area contributed by atoms with Crippen LogP contribution in [0.1, 0.15) is 17.0 Å². The summed E-state index contributed by atoms with van der Waals surface area (Å²) in [6.07, 6.45) is 5.12. The molecule has 0 spiro atoms. The fourth-order valence-electron chi connectivity index (χ4n) is 1.34. The SMILES string of the molecule is Cc1cnc(CNc2ccc(C(N)=S)cn2)cn1. The smallest absolute Gasteiger partial charge is 0.126 e. The van der Waals surface area contributed by atoms with E-state index in [0.717, 1.165) is 22.8 Å². The van der Waals surface area contributed by atoms with Crippen molar-refractivity contribution in [3.8, 4) is 0 Å². The Kier molecular flexibility index (Phi) is 3.78. The second kappa shape index (κ2) is 5.50. The lowest BCUT2D eigenvalue weighted by Crippen LogP contribution is -2.10. The van der Waals surface area contributed by atoms with E-state index in [-0.39, 0.29) is 0 Å². The minimum Gasteiger partial charge on any atom is -0.389 e. The molecule has 0 unspecified atom stereocenters. The highest BCUT2D eigenvalue weighted by molar-refractivity contribution is 7.80. The fraction of sp³-hybridized carbons (Fsp3) is 0.167. The van der Waals surface area contributed by atoms with Crippen LogP contribution < -0.4 is 11.1 Å². The molecule has 18 heavy (non-hydrogen) atoms.